The number of aryl methyl sites for hydroxylation is 1. The van der Waals surface area contributed by atoms with Gasteiger partial charge in [-0.2, -0.15) is 0 Å². The average molecular weight is 352 g/mol. The van der Waals surface area contributed by atoms with Crippen LogP contribution in [0.25, 0.3) is 16.8 Å². The third-order valence-corrected chi connectivity index (χ3v) is 3.84. The molecule has 6 heteroatoms. The Bertz CT molecular complexity index is 939. The molecule has 0 bridgehead atoms. The number of carbonyl (C=O) groups excluding carboxylic acids is 1. The summed E-state index contributed by atoms with van der Waals surface area (Å²) in [6.45, 7) is 7.63. The van der Waals surface area contributed by atoms with E-state index in [-0.39, 0.29) is 17.3 Å². The van der Waals surface area contributed by atoms with Gasteiger partial charge in [-0.3, -0.25) is 9.36 Å². The van der Waals surface area contributed by atoms with Gasteiger partial charge < -0.3 is 5.32 Å². The maximum atomic E-state index is 13.3. The first-order valence-corrected chi connectivity index (χ1v) is 8.33. The largest absolute Gasteiger partial charge is 0.347 e. The van der Waals surface area contributed by atoms with Gasteiger partial charge in [0.2, 0.25) is 0 Å². The molecule has 1 heterocycles. The zero-order valence-electron chi connectivity index (χ0n) is 15.2. The minimum atomic E-state index is -0.352. The van der Waals surface area contributed by atoms with E-state index < -0.39 is 0 Å². The summed E-state index contributed by atoms with van der Waals surface area (Å²) in [4.78, 5) is 12.7. The number of nitrogens with zero attached hydrogens (tertiary/aromatic N) is 3. The van der Waals surface area contributed by atoms with E-state index in [0.717, 1.165) is 16.8 Å². The Morgan fingerprint density at radius 1 is 1.08 bits per heavy atom. The van der Waals surface area contributed by atoms with Crippen LogP contribution in [0.5, 0.6) is 0 Å². The summed E-state index contributed by atoms with van der Waals surface area (Å²) >= 11 is 0. The van der Waals surface area contributed by atoms with Gasteiger partial charge in [-0.15, -0.1) is 10.2 Å². The molecule has 0 aliphatic carbocycles. The lowest BCUT2D eigenvalue weighted by molar-refractivity contribution is 0.0919. The first-order chi connectivity index (χ1) is 12.2. The molecule has 3 aromatic rings. The Hall–Kier alpha value is -3.02. The molecule has 0 radical (unpaired) electrons. The highest BCUT2D eigenvalue weighted by molar-refractivity contribution is 5.96. The molecule has 5 nitrogen and oxygen atoms in total. The highest BCUT2D eigenvalue weighted by Gasteiger charge is 2.17. The van der Waals surface area contributed by atoms with Gasteiger partial charge in [0.15, 0.2) is 0 Å². The fraction of sp³-hybridized carbons (Fsp3) is 0.250. The van der Waals surface area contributed by atoms with Gasteiger partial charge in [-0.1, -0.05) is 12.1 Å². The van der Waals surface area contributed by atoms with E-state index in [1.807, 2.05) is 33.8 Å². The fourth-order valence-corrected chi connectivity index (χ4v) is 2.65. The molecule has 0 spiro atoms. The van der Waals surface area contributed by atoms with Gasteiger partial charge >= 0.3 is 0 Å². The maximum Gasteiger partial charge on any atom is 0.251 e. The summed E-state index contributed by atoms with van der Waals surface area (Å²) in [6.07, 6.45) is 1.60. The first kappa shape index (κ1) is 17.8. The van der Waals surface area contributed by atoms with E-state index in [1.54, 1.807) is 35.2 Å². The molecule has 0 atom stereocenters. The molecule has 3 rings (SSSR count). The first-order valence-electron chi connectivity index (χ1n) is 8.33. The number of halogens is 1. The van der Waals surface area contributed by atoms with E-state index in [0.29, 0.717) is 11.4 Å². The molecule has 1 amide bonds. The Morgan fingerprint density at radius 3 is 2.35 bits per heavy atom. The van der Waals surface area contributed by atoms with E-state index in [4.69, 9.17) is 0 Å². The third kappa shape index (κ3) is 3.96. The molecule has 1 aromatic heterocycles. The number of aromatic nitrogens is 3. The van der Waals surface area contributed by atoms with Crippen LogP contribution in [0.3, 0.4) is 0 Å². The Labute approximate surface area is 151 Å². The minimum Gasteiger partial charge on any atom is -0.347 e. The molecule has 0 saturated carbocycles. The molecule has 0 fully saturated rings. The summed E-state index contributed by atoms with van der Waals surface area (Å²) in [5.74, 6) is 0.238. The van der Waals surface area contributed by atoms with E-state index in [9.17, 15) is 9.18 Å². The third-order valence-electron chi connectivity index (χ3n) is 3.84. The number of carbonyl (C=O) groups is 1. The van der Waals surface area contributed by atoms with Gasteiger partial charge in [0.25, 0.3) is 5.91 Å². The van der Waals surface area contributed by atoms with Crippen LogP contribution in [0.1, 0.15) is 37.0 Å². The second kappa shape index (κ2) is 6.71. The molecule has 1 N–H and O–H groups in total. The second-order valence-electron chi connectivity index (χ2n) is 7.23. The molecule has 0 aliphatic rings. The molecule has 0 aliphatic heterocycles. The predicted octanol–water partition coefficient (Wildman–Crippen LogP) is 3.91. The molecule has 0 saturated heterocycles. The number of hydrogen-bond donors (Lipinski definition) is 1. The topological polar surface area (TPSA) is 59.8 Å². The predicted molar refractivity (Wildman–Crippen MR) is 98.7 cm³/mol. The molecular weight excluding hydrogens is 331 g/mol. The molecule has 26 heavy (non-hydrogen) atoms. The lowest BCUT2D eigenvalue weighted by atomic mass is 10.0. The highest BCUT2D eigenvalue weighted by Crippen LogP contribution is 2.25. The van der Waals surface area contributed by atoms with Crippen molar-refractivity contribution in [2.24, 2.45) is 0 Å². The SMILES string of the molecule is Cc1nncn1-c1cc(C(=O)NC(C)(C)C)cc(-c2ccc(F)cc2)c1. The van der Waals surface area contributed by atoms with Crippen molar-refractivity contribution in [3.8, 4) is 16.8 Å². The molecular formula is C20H21FN4O. The van der Waals surface area contributed by atoms with E-state index in [2.05, 4.69) is 15.5 Å². The summed E-state index contributed by atoms with van der Waals surface area (Å²) in [6, 6.07) is 11.7. The van der Waals surface area contributed by atoms with Crippen LogP contribution in [0.15, 0.2) is 48.8 Å². The number of nitrogens with one attached hydrogen (secondary N) is 1. The van der Waals surface area contributed by atoms with Crippen molar-refractivity contribution in [3.63, 3.8) is 0 Å². The van der Waals surface area contributed by atoms with Crippen LogP contribution >= 0.6 is 0 Å². The molecule has 0 unspecified atom stereocenters. The van der Waals surface area contributed by atoms with Gasteiger partial charge in [-0.05, 0) is 69.2 Å². The van der Waals surface area contributed by atoms with Crippen LogP contribution in [-0.4, -0.2) is 26.2 Å². The van der Waals surface area contributed by atoms with Crippen LogP contribution in [0, 0.1) is 12.7 Å². The zero-order chi connectivity index (χ0) is 18.9. The number of hydrogen-bond acceptors (Lipinski definition) is 3. The molecule has 2 aromatic carbocycles. The normalized spacial score (nSPS) is 11.4. The Kier molecular flexibility index (Phi) is 4.59. The average Bonchev–Trinajstić information content (AvgIpc) is 2.99. The van der Waals surface area contributed by atoms with Crippen molar-refractivity contribution < 1.29 is 9.18 Å². The quantitative estimate of drug-likeness (QED) is 0.777. The van der Waals surface area contributed by atoms with Gasteiger partial charge in [-0.25, -0.2) is 4.39 Å². The maximum absolute atomic E-state index is 13.3. The van der Waals surface area contributed by atoms with Crippen molar-refractivity contribution in [2.75, 3.05) is 0 Å². The van der Waals surface area contributed by atoms with Crippen LogP contribution in [0.4, 0.5) is 4.39 Å². The van der Waals surface area contributed by atoms with Crippen molar-refractivity contribution in [1.82, 2.24) is 20.1 Å². The minimum absolute atomic E-state index is 0.173. The van der Waals surface area contributed by atoms with Crippen LogP contribution in [0.2, 0.25) is 0 Å². The van der Waals surface area contributed by atoms with Crippen molar-refractivity contribution in [2.45, 2.75) is 33.2 Å². The lowest BCUT2D eigenvalue weighted by Gasteiger charge is -2.21. The van der Waals surface area contributed by atoms with E-state index in [1.165, 1.54) is 12.1 Å². The standard InChI is InChI=1S/C20H21FN4O/c1-13-24-22-12-25(13)18-10-15(14-5-7-17(21)8-6-14)9-16(11-18)19(26)23-20(2,3)4/h5-12H,1-4H3,(H,23,26). The van der Waals surface area contributed by atoms with Gasteiger partial charge in [0.05, 0.1) is 0 Å². The van der Waals surface area contributed by atoms with Crippen molar-refractivity contribution in [3.05, 3.63) is 66.0 Å². The summed E-state index contributed by atoms with van der Waals surface area (Å²) in [7, 11) is 0. The summed E-state index contributed by atoms with van der Waals surface area (Å²) < 4.78 is 15.1. The van der Waals surface area contributed by atoms with Crippen molar-refractivity contribution >= 4 is 5.91 Å². The highest BCUT2D eigenvalue weighted by atomic mass is 19.1. The number of amides is 1. The molecule has 134 valence electrons. The van der Waals surface area contributed by atoms with Crippen LogP contribution in [-0.2, 0) is 0 Å². The smallest absolute Gasteiger partial charge is 0.251 e. The summed E-state index contributed by atoms with van der Waals surface area (Å²) in [5.41, 5.74) is 2.58. The number of benzene rings is 2. The Balaban J connectivity index is 2.12. The van der Waals surface area contributed by atoms with Gasteiger partial charge in [0.1, 0.15) is 18.0 Å². The Morgan fingerprint density at radius 2 is 1.77 bits per heavy atom. The van der Waals surface area contributed by atoms with Crippen molar-refractivity contribution in [1.29, 1.82) is 0 Å². The fourth-order valence-electron chi connectivity index (χ4n) is 2.65. The van der Waals surface area contributed by atoms with E-state index >= 15 is 0 Å². The lowest BCUT2D eigenvalue weighted by Crippen LogP contribution is -2.40. The summed E-state index contributed by atoms with van der Waals surface area (Å²) in [5, 5.41) is 10.9. The van der Waals surface area contributed by atoms with Gasteiger partial charge in [0, 0.05) is 16.8 Å². The zero-order valence-corrected chi connectivity index (χ0v) is 15.2. The van der Waals surface area contributed by atoms with Crippen LogP contribution < -0.4 is 5.32 Å². The number of rotatable bonds is 3. The monoisotopic (exact) mass is 352 g/mol. The second-order valence-corrected chi connectivity index (χ2v) is 7.23.